The van der Waals surface area contributed by atoms with Crippen LogP contribution < -0.4 is 5.73 Å². The summed E-state index contributed by atoms with van der Waals surface area (Å²) in [5, 5.41) is 6.19. The molecule has 2 saturated heterocycles. The number of nitrogens with two attached hydrogens (primary N) is 1. The van der Waals surface area contributed by atoms with Gasteiger partial charge in [0, 0.05) is 19.6 Å². The smallest absolute Gasteiger partial charge is 0.248 e. The molecule has 21 heavy (non-hydrogen) atoms. The lowest BCUT2D eigenvalue weighted by molar-refractivity contribution is 0.206. The molecule has 0 unspecified atom stereocenters. The minimum Gasteiger partial charge on any atom is -0.383 e. The van der Waals surface area contributed by atoms with Crippen molar-refractivity contribution in [3.05, 3.63) is 6.20 Å². The zero-order chi connectivity index (χ0) is 14.9. The van der Waals surface area contributed by atoms with Gasteiger partial charge >= 0.3 is 0 Å². The molecule has 0 bridgehead atoms. The summed E-state index contributed by atoms with van der Waals surface area (Å²) in [4.78, 5) is 2.60. The number of likely N-dealkylation sites (tertiary alicyclic amines) is 1. The summed E-state index contributed by atoms with van der Waals surface area (Å²) in [6.45, 7) is 4.66. The second-order valence-electron chi connectivity index (χ2n) is 6.00. The number of rotatable bonds is 4. The lowest BCUT2D eigenvalue weighted by Crippen LogP contribution is -2.41. The van der Waals surface area contributed by atoms with E-state index in [9.17, 15) is 8.42 Å². The van der Waals surface area contributed by atoms with E-state index in [-0.39, 0.29) is 10.7 Å². The average Bonchev–Trinajstić information content (AvgIpc) is 3.11. The lowest BCUT2D eigenvalue weighted by Gasteiger charge is -2.32. The molecule has 2 aliphatic rings. The van der Waals surface area contributed by atoms with E-state index in [4.69, 9.17) is 5.73 Å². The first kappa shape index (κ1) is 14.8. The highest BCUT2D eigenvalue weighted by atomic mass is 32.2. The minimum atomic E-state index is -3.50. The number of nitrogen functional groups attached to an aromatic ring is 1. The van der Waals surface area contributed by atoms with Gasteiger partial charge in [-0.15, -0.1) is 0 Å². The fourth-order valence-electron chi connectivity index (χ4n) is 3.29. The lowest BCUT2D eigenvalue weighted by atomic mass is 9.98. The van der Waals surface area contributed by atoms with Crippen LogP contribution in [0.25, 0.3) is 0 Å². The highest BCUT2D eigenvalue weighted by Crippen LogP contribution is 2.26. The third-order valence-electron chi connectivity index (χ3n) is 4.54. The van der Waals surface area contributed by atoms with Crippen molar-refractivity contribution in [2.75, 3.05) is 38.5 Å². The molecule has 1 aromatic rings. The molecular formula is C13H23N5O2S. The van der Waals surface area contributed by atoms with Gasteiger partial charge in [-0.2, -0.15) is 9.40 Å². The average molecular weight is 313 g/mol. The van der Waals surface area contributed by atoms with Gasteiger partial charge in [-0.25, -0.2) is 8.42 Å². The van der Waals surface area contributed by atoms with E-state index in [1.165, 1.54) is 36.4 Å². The van der Waals surface area contributed by atoms with Crippen LogP contribution in [0.3, 0.4) is 0 Å². The number of hydrogen-bond acceptors (Lipinski definition) is 5. The molecule has 3 heterocycles. The Bertz CT molecular complexity index is 571. The van der Waals surface area contributed by atoms with Crippen molar-refractivity contribution in [3.8, 4) is 0 Å². The van der Waals surface area contributed by atoms with Gasteiger partial charge < -0.3 is 10.6 Å². The van der Waals surface area contributed by atoms with Crippen LogP contribution in [0.4, 0.5) is 5.82 Å². The predicted octanol–water partition coefficient (Wildman–Crippen LogP) is 0.488. The topological polar surface area (TPSA) is 95.3 Å². The number of aromatic nitrogens is 2. The van der Waals surface area contributed by atoms with Crippen LogP contribution in [0.2, 0.25) is 0 Å². The van der Waals surface area contributed by atoms with Crippen molar-refractivity contribution in [3.63, 3.8) is 0 Å². The van der Waals surface area contributed by atoms with Crippen LogP contribution in [0.1, 0.15) is 25.7 Å². The Labute approximate surface area is 125 Å². The first-order valence-electron chi connectivity index (χ1n) is 7.59. The van der Waals surface area contributed by atoms with Gasteiger partial charge in [0.15, 0.2) is 0 Å². The van der Waals surface area contributed by atoms with Gasteiger partial charge in [-0.3, -0.25) is 5.10 Å². The summed E-state index contributed by atoms with van der Waals surface area (Å²) in [6.07, 6.45) is 5.74. The maximum Gasteiger partial charge on any atom is 0.248 e. The standard InChI is InChI=1S/C13H23N5O2S/c14-13-12(9-15-16-13)21(19,20)18-7-3-11(4-8-18)10-17-5-1-2-6-17/h9,11H,1-8,10H2,(H3,14,15,16). The molecule has 0 radical (unpaired) electrons. The Morgan fingerprint density at radius 2 is 1.90 bits per heavy atom. The fourth-order valence-corrected chi connectivity index (χ4v) is 4.77. The molecule has 1 aromatic heterocycles. The molecule has 2 aliphatic heterocycles. The molecule has 7 nitrogen and oxygen atoms in total. The van der Waals surface area contributed by atoms with E-state index in [2.05, 4.69) is 15.1 Å². The van der Waals surface area contributed by atoms with E-state index < -0.39 is 10.0 Å². The second-order valence-corrected chi connectivity index (χ2v) is 7.91. The third-order valence-corrected chi connectivity index (χ3v) is 6.46. The molecule has 118 valence electrons. The predicted molar refractivity (Wildman–Crippen MR) is 80.2 cm³/mol. The van der Waals surface area contributed by atoms with Gasteiger partial charge in [0.05, 0.1) is 6.20 Å². The summed E-state index contributed by atoms with van der Waals surface area (Å²) in [7, 11) is -3.50. The summed E-state index contributed by atoms with van der Waals surface area (Å²) in [5.74, 6) is 0.727. The first-order chi connectivity index (χ1) is 10.1. The van der Waals surface area contributed by atoms with Crippen LogP contribution in [0, 0.1) is 5.92 Å². The van der Waals surface area contributed by atoms with Crippen molar-refractivity contribution in [2.24, 2.45) is 5.92 Å². The fraction of sp³-hybridized carbons (Fsp3) is 0.769. The zero-order valence-electron chi connectivity index (χ0n) is 12.2. The number of anilines is 1. The molecule has 0 aromatic carbocycles. The largest absolute Gasteiger partial charge is 0.383 e. The second kappa shape index (κ2) is 5.94. The van der Waals surface area contributed by atoms with E-state index >= 15 is 0 Å². The van der Waals surface area contributed by atoms with Crippen LogP contribution >= 0.6 is 0 Å². The van der Waals surface area contributed by atoms with E-state index in [1.54, 1.807) is 0 Å². The molecule has 0 saturated carbocycles. The van der Waals surface area contributed by atoms with Gasteiger partial charge in [-0.1, -0.05) is 0 Å². The van der Waals surface area contributed by atoms with Gasteiger partial charge in [0.2, 0.25) is 10.0 Å². The molecule has 0 spiro atoms. The number of piperidine rings is 1. The Morgan fingerprint density at radius 3 is 2.48 bits per heavy atom. The normalized spacial score (nSPS) is 22.9. The van der Waals surface area contributed by atoms with Gasteiger partial charge in [-0.05, 0) is 44.7 Å². The monoisotopic (exact) mass is 313 g/mol. The van der Waals surface area contributed by atoms with E-state index in [0.29, 0.717) is 19.0 Å². The van der Waals surface area contributed by atoms with Crippen molar-refractivity contribution >= 4 is 15.8 Å². The molecule has 3 N–H and O–H groups in total. The summed E-state index contributed by atoms with van der Waals surface area (Å²) < 4.78 is 26.5. The maximum absolute atomic E-state index is 12.5. The summed E-state index contributed by atoms with van der Waals surface area (Å²) >= 11 is 0. The summed E-state index contributed by atoms with van der Waals surface area (Å²) in [6, 6.07) is 0. The van der Waals surface area contributed by atoms with Crippen LogP contribution in [0.5, 0.6) is 0 Å². The van der Waals surface area contributed by atoms with Crippen molar-refractivity contribution < 1.29 is 8.42 Å². The first-order valence-corrected chi connectivity index (χ1v) is 9.03. The number of nitrogens with one attached hydrogen (secondary N) is 1. The summed E-state index contributed by atoms with van der Waals surface area (Å²) in [5.41, 5.74) is 5.64. The minimum absolute atomic E-state index is 0.0977. The number of nitrogens with zero attached hydrogens (tertiary/aromatic N) is 3. The Kier molecular flexibility index (Phi) is 4.19. The zero-order valence-corrected chi connectivity index (χ0v) is 13.0. The highest BCUT2D eigenvalue weighted by molar-refractivity contribution is 7.89. The van der Waals surface area contributed by atoms with E-state index in [0.717, 1.165) is 19.4 Å². The Balaban J connectivity index is 1.59. The van der Waals surface area contributed by atoms with Crippen molar-refractivity contribution in [1.82, 2.24) is 19.4 Å². The quantitative estimate of drug-likeness (QED) is 0.843. The van der Waals surface area contributed by atoms with Crippen LogP contribution in [-0.2, 0) is 10.0 Å². The van der Waals surface area contributed by atoms with E-state index in [1.807, 2.05) is 0 Å². The molecule has 0 aliphatic carbocycles. The van der Waals surface area contributed by atoms with Gasteiger partial charge in [0.25, 0.3) is 0 Å². The van der Waals surface area contributed by atoms with Crippen molar-refractivity contribution in [1.29, 1.82) is 0 Å². The van der Waals surface area contributed by atoms with Gasteiger partial charge in [0.1, 0.15) is 10.7 Å². The molecule has 3 rings (SSSR count). The Hall–Kier alpha value is -1.12. The number of H-pyrrole nitrogens is 1. The number of sulfonamides is 1. The van der Waals surface area contributed by atoms with Crippen LogP contribution in [0.15, 0.2) is 11.1 Å². The maximum atomic E-state index is 12.5. The molecule has 0 atom stereocenters. The number of hydrogen-bond donors (Lipinski definition) is 2. The highest BCUT2D eigenvalue weighted by Gasteiger charge is 2.32. The molecule has 8 heteroatoms. The Morgan fingerprint density at radius 1 is 1.24 bits per heavy atom. The van der Waals surface area contributed by atoms with Crippen molar-refractivity contribution in [2.45, 2.75) is 30.6 Å². The number of aromatic amines is 1. The van der Waals surface area contributed by atoms with Crippen LogP contribution in [-0.4, -0.2) is 60.5 Å². The SMILES string of the molecule is Nc1[nH]ncc1S(=O)(=O)N1CCC(CN2CCCC2)CC1. The third kappa shape index (κ3) is 3.07. The molecule has 0 amide bonds. The molecule has 2 fully saturated rings. The molecular weight excluding hydrogens is 290 g/mol.